The van der Waals surface area contributed by atoms with Crippen molar-refractivity contribution in [2.75, 3.05) is 6.61 Å². The monoisotopic (exact) mass is 184 g/mol. The molecule has 0 fully saturated rings. The molecular formula is C8H9FN2O2. The second-order valence-electron chi connectivity index (χ2n) is 2.57. The van der Waals surface area contributed by atoms with Gasteiger partial charge in [-0.05, 0) is 6.07 Å². The third-order valence-corrected chi connectivity index (χ3v) is 1.58. The zero-order valence-electron chi connectivity index (χ0n) is 6.83. The molecule has 4 nitrogen and oxygen atoms in total. The van der Waals surface area contributed by atoms with Gasteiger partial charge >= 0.3 is 0 Å². The first kappa shape index (κ1) is 9.60. The molecule has 5 heteroatoms. The van der Waals surface area contributed by atoms with Gasteiger partial charge in [0.15, 0.2) is 12.0 Å². The fourth-order valence-electron chi connectivity index (χ4n) is 0.918. The van der Waals surface area contributed by atoms with Crippen molar-refractivity contribution >= 4 is 5.71 Å². The molecule has 0 radical (unpaired) electrons. The molecule has 0 spiro atoms. The molecule has 0 aliphatic rings. The van der Waals surface area contributed by atoms with Gasteiger partial charge in [-0.15, -0.1) is 0 Å². The van der Waals surface area contributed by atoms with Crippen LogP contribution < -0.4 is 4.73 Å². The van der Waals surface area contributed by atoms with Crippen LogP contribution in [0.1, 0.15) is 5.69 Å². The van der Waals surface area contributed by atoms with Gasteiger partial charge in [-0.2, -0.15) is 9.12 Å². The summed E-state index contributed by atoms with van der Waals surface area (Å²) in [6.45, 7) is -0.464. The Hall–Kier alpha value is -1.49. The van der Waals surface area contributed by atoms with Crippen LogP contribution in [-0.4, -0.2) is 17.4 Å². The van der Waals surface area contributed by atoms with Gasteiger partial charge in [0.2, 0.25) is 5.69 Å². The first-order valence-corrected chi connectivity index (χ1v) is 3.69. The van der Waals surface area contributed by atoms with Gasteiger partial charge in [-0.1, -0.05) is 0 Å². The molecule has 1 heterocycles. The average Bonchev–Trinajstić information content (AvgIpc) is 2.11. The highest BCUT2D eigenvalue weighted by molar-refractivity contribution is 5.83. The van der Waals surface area contributed by atoms with Gasteiger partial charge in [0.05, 0.1) is 13.0 Å². The molecule has 0 unspecified atom stereocenters. The summed E-state index contributed by atoms with van der Waals surface area (Å²) in [7, 11) is 0. The Morgan fingerprint density at radius 3 is 2.92 bits per heavy atom. The average molecular weight is 184 g/mol. The molecule has 0 amide bonds. The molecule has 0 aliphatic carbocycles. The van der Waals surface area contributed by atoms with E-state index in [-0.39, 0.29) is 17.8 Å². The summed E-state index contributed by atoms with van der Waals surface area (Å²) < 4.78 is 13.3. The van der Waals surface area contributed by atoms with Crippen molar-refractivity contribution in [2.45, 2.75) is 6.42 Å². The highest BCUT2D eigenvalue weighted by Gasteiger charge is 2.13. The van der Waals surface area contributed by atoms with Crippen molar-refractivity contribution < 1.29 is 14.2 Å². The maximum absolute atomic E-state index is 12.9. The van der Waals surface area contributed by atoms with Crippen molar-refractivity contribution in [2.24, 2.45) is 0 Å². The number of aliphatic hydroxyl groups excluding tert-OH is 1. The van der Waals surface area contributed by atoms with Crippen molar-refractivity contribution in [1.82, 2.24) is 0 Å². The molecule has 0 bridgehead atoms. The van der Waals surface area contributed by atoms with E-state index in [1.165, 1.54) is 6.07 Å². The van der Waals surface area contributed by atoms with Crippen LogP contribution in [-0.2, 0) is 6.42 Å². The predicted octanol–water partition coefficient (Wildman–Crippen LogP) is 0.0137. The standard InChI is InChI=1S/C8H9FN2O2/c9-7-2-1-3-11(13)8(7)4-6(10)5-12/h1-3,10,12H,4-5H2. The van der Waals surface area contributed by atoms with Crippen molar-refractivity contribution in [3.8, 4) is 0 Å². The van der Waals surface area contributed by atoms with Crippen LogP contribution in [0.5, 0.6) is 0 Å². The van der Waals surface area contributed by atoms with E-state index in [9.17, 15) is 9.60 Å². The molecule has 1 rings (SSSR count). The Kier molecular flexibility index (Phi) is 2.92. The van der Waals surface area contributed by atoms with E-state index in [2.05, 4.69) is 0 Å². The molecule has 0 atom stereocenters. The topological polar surface area (TPSA) is 71.0 Å². The number of nitrogens with zero attached hydrogens (tertiary/aromatic N) is 1. The predicted molar refractivity (Wildman–Crippen MR) is 43.9 cm³/mol. The summed E-state index contributed by atoms with van der Waals surface area (Å²) in [5.41, 5.74) is -0.226. The van der Waals surface area contributed by atoms with Crippen molar-refractivity contribution in [3.05, 3.63) is 35.0 Å². The molecular weight excluding hydrogens is 175 g/mol. The number of aliphatic hydroxyl groups is 1. The second kappa shape index (κ2) is 3.95. The number of pyridine rings is 1. The van der Waals surface area contributed by atoms with Gasteiger partial charge in [0.25, 0.3) is 0 Å². The smallest absolute Gasteiger partial charge is 0.234 e. The maximum Gasteiger partial charge on any atom is 0.234 e. The molecule has 70 valence electrons. The van der Waals surface area contributed by atoms with Crippen LogP contribution in [0.25, 0.3) is 0 Å². The normalized spacial score (nSPS) is 10.0. The lowest BCUT2D eigenvalue weighted by Gasteiger charge is -2.04. The quantitative estimate of drug-likeness (QED) is 0.394. The first-order valence-electron chi connectivity index (χ1n) is 3.69. The third-order valence-electron chi connectivity index (χ3n) is 1.58. The Morgan fingerprint density at radius 2 is 2.38 bits per heavy atom. The van der Waals surface area contributed by atoms with E-state index >= 15 is 0 Å². The minimum atomic E-state index is -0.657. The van der Waals surface area contributed by atoms with Gasteiger partial charge in [0.1, 0.15) is 0 Å². The summed E-state index contributed by atoms with van der Waals surface area (Å²) in [6, 6.07) is 2.43. The summed E-state index contributed by atoms with van der Waals surface area (Å²) in [5, 5.41) is 26.6. The van der Waals surface area contributed by atoms with E-state index in [0.717, 1.165) is 12.3 Å². The fraction of sp³-hybridized carbons (Fsp3) is 0.250. The summed E-state index contributed by atoms with van der Waals surface area (Å²) >= 11 is 0. The number of halogens is 1. The van der Waals surface area contributed by atoms with Gasteiger partial charge in [0, 0.05) is 11.8 Å². The summed E-state index contributed by atoms with van der Waals surface area (Å²) in [6.07, 6.45) is 0.996. The molecule has 13 heavy (non-hydrogen) atoms. The SMILES string of the molecule is N=C(CO)Cc1c(F)ccc[n+]1[O-]. The zero-order chi connectivity index (χ0) is 9.84. The lowest BCUT2D eigenvalue weighted by Crippen LogP contribution is -2.34. The van der Waals surface area contributed by atoms with Gasteiger partial charge in [-0.3, -0.25) is 0 Å². The highest BCUT2D eigenvalue weighted by atomic mass is 19.1. The molecule has 0 saturated heterocycles. The largest absolute Gasteiger partial charge is 0.618 e. The zero-order valence-corrected chi connectivity index (χ0v) is 6.83. The third kappa shape index (κ3) is 2.22. The molecule has 0 saturated carbocycles. The summed E-state index contributed by atoms with van der Waals surface area (Å²) in [4.78, 5) is 0. The first-order chi connectivity index (χ1) is 6.15. The minimum Gasteiger partial charge on any atom is -0.618 e. The number of aromatic nitrogens is 1. The second-order valence-corrected chi connectivity index (χ2v) is 2.57. The Labute approximate surface area is 74.3 Å². The van der Waals surface area contributed by atoms with Gasteiger partial charge < -0.3 is 15.7 Å². The Morgan fingerprint density at radius 1 is 1.69 bits per heavy atom. The number of nitrogens with one attached hydrogen (secondary N) is 1. The number of hydrogen-bond acceptors (Lipinski definition) is 3. The molecule has 1 aromatic heterocycles. The van der Waals surface area contributed by atoms with Crippen LogP contribution in [0.3, 0.4) is 0 Å². The Bertz CT molecular complexity index is 308. The lowest BCUT2D eigenvalue weighted by atomic mass is 10.2. The molecule has 0 aromatic carbocycles. The van der Waals surface area contributed by atoms with E-state index < -0.39 is 12.4 Å². The lowest BCUT2D eigenvalue weighted by molar-refractivity contribution is -0.615. The van der Waals surface area contributed by atoms with E-state index in [1.54, 1.807) is 0 Å². The number of hydrogen-bond donors (Lipinski definition) is 2. The van der Waals surface area contributed by atoms with Crippen LogP contribution in [0, 0.1) is 16.4 Å². The van der Waals surface area contributed by atoms with Crippen LogP contribution in [0.4, 0.5) is 4.39 Å². The van der Waals surface area contributed by atoms with Crippen molar-refractivity contribution in [1.29, 1.82) is 5.41 Å². The summed E-state index contributed by atoms with van der Waals surface area (Å²) in [5.74, 6) is -0.657. The molecule has 2 N–H and O–H groups in total. The van der Waals surface area contributed by atoms with Crippen LogP contribution >= 0.6 is 0 Å². The highest BCUT2D eigenvalue weighted by Crippen LogP contribution is 2.01. The van der Waals surface area contributed by atoms with Crippen LogP contribution in [0.15, 0.2) is 18.3 Å². The number of rotatable bonds is 3. The molecule has 0 aliphatic heterocycles. The van der Waals surface area contributed by atoms with E-state index in [1.807, 2.05) is 0 Å². The molecule has 1 aromatic rings. The minimum absolute atomic E-state index is 0.0882. The van der Waals surface area contributed by atoms with Crippen LogP contribution in [0.2, 0.25) is 0 Å². The fourth-order valence-corrected chi connectivity index (χ4v) is 0.918. The van der Waals surface area contributed by atoms with Gasteiger partial charge in [-0.25, -0.2) is 0 Å². The van der Waals surface area contributed by atoms with E-state index in [4.69, 9.17) is 10.5 Å². The Balaban J connectivity index is 2.93. The van der Waals surface area contributed by atoms with Crippen molar-refractivity contribution in [3.63, 3.8) is 0 Å². The van der Waals surface area contributed by atoms with E-state index in [0.29, 0.717) is 4.73 Å². The maximum atomic E-state index is 12.9.